The van der Waals surface area contributed by atoms with Crippen molar-refractivity contribution in [1.82, 2.24) is 14.2 Å². The van der Waals surface area contributed by atoms with E-state index in [-0.39, 0.29) is 11.8 Å². The molecule has 1 fully saturated rings. The minimum atomic E-state index is -3.71. The molecule has 8 heteroatoms. The number of H-pyrrole nitrogens is 1. The highest BCUT2D eigenvalue weighted by atomic mass is 32.2. The molecule has 0 aliphatic carbocycles. The van der Waals surface area contributed by atoms with Crippen LogP contribution in [-0.4, -0.2) is 53.3 Å². The number of carbonyl (C=O) groups excluding carboxylic acids is 2. The number of sulfonamides is 1. The first-order valence-electron chi connectivity index (χ1n) is 7.42. The van der Waals surface area contributed by atoms with Gasteiger partial charge in [-0.3, -0.25) is 9.59 Å². The number of aromatic amines is 1. The van der Waals surface area contributed by atoms with Crippen molar-refractivity contribution in [1.29, 1.82) is 0 Å². The number of hydrogen-bond acceptors (Lipinski definition) is 4. The lowest BCUT2D eigenvalue weighted by Crippen LogP contribution is -2.43. The fraction of sp³-hybridized carbons (Fsp3) is 0.467. The van der Waals surface area contributed by atoms with E-state index in [9.17, 15) is 18.0 Å². The van der Waals surface area contributed by atoms with Gasteiger partial charge in [0.2, 0.25) is 15.9 Å². The van der Waals surface area contributed by atoms with Crippen LogP contribution in [0.2, 0.25) is 0 Å². The van der Waals surface area contributed by atoms with Crippen LogP contribution in [0.5, 0.6) is 0 Å². The van der Waals surface area contributed by atoms with Gasteiger partial charge in [0.15, 0.2) is 0 Å². The van der Waals surface area contributed by atoms with Gasteiger partial charge in [-0.1, -0.05) is 13.8 Å². The first-order chi connectivity index (χ1) is 10.7. The highest BCUT2D eigenvalue weighted by molar-refractivity contribution is 7.89. The zero-order valence-electron chi connectivity index (χ0n) is 13.2. The van der Waals surface area contributed by atoms with E-state index in [1.807, 2.05) is 13.8 Å². The zero-order valence-corrected chi connectivity index (χ0v) is 14.0. The van der Waals surface area contributed by atoms with Crippen LogP contribution in [0.25, 0.3) is 0 Å². The van der Waals surface area contributed by atoms with E-state index in [1.54, 1.807) is 29.3 Å². The number of amides is 2. The lowest BCUT2D eigenvalue weighted by Gasteiger charge is -2.28. The molecule has 0 bridgehead atoms. The second-order valence-electron chi connectivity index (χ2n) is 6.25. The molecule has 124 valence electrons. The van der Waals surface area contributed by atoms with E-state index in [0.29, 0.717) is 17.9 Å². The number of aromatic nitrogens is 1. The smallest absolute Gasteiger partial charge is 0.271 e. The maximum atomic E-state index is 12.7. The monoisotopic (exact) mass is 337 g/mol. The normalized spacial score (nSPS) is 24.3. The Bertz CT molecular complexity index is 780. The van der Waals surface area contributed by atoms with Gasteiger partial charge in [0.05, 0.1) is 23.9 Å². The van der Waals surface area contributed by atoms with Gasteiger partial charge in [0.25, 0.3) is 5.91 Å². The molecule has 0 spiro atoms. The molecule has 3 heterocycles. The van der Waals surface area contributed by atoms with E-state index >= 15 is 0 Å². The molecule has 0 saturated carbocycles. The largest absolute Gasteiger partial charge is 0.357 e. The maximum Gasteiger partial charge on any atom is 0.271 e. The molecule has 2 aliphatic heterocycles. The van der Waals surface area contributed by atoms with Gasteiger partial charge in [-0.05, 0) is 24.1 Å². The second kappa shape index (κ2) is 5.23. The summed E-state index contributed by atoms with van der Waals surface area (Å²) in [5.41, 5.74) is 0.823. The number of fused-ring (bicyclic) bond motifs is 1. The molecule has 2 amide bonds. The van der Waals surface area contributed by atoms with E-state index in [4.69, 9.17) is 0 Å². The van der Waals surface area contributed by atoms with Crippen LogP contribution >= 0.6 is 0 Å². The van der Waals surface area contributed by atoms with Gasteiger partial charge < -0.3 is 9.88 Å². The third-order valence-corrected chi connectivity index (χ3v) is 5.39. The van der Waals surface area contributed by atoms with Crippen molar-refractivity contribution in [3.05, 3.63) is 35.8 Å². The fourth-order valence-electron chi connectivity index (χ4n) is 3.40. The van der Waals surface area contributed by atoms with Crippen molar-refractivity contribution in [3.8, 4) is 0 Å². The minimum absolute atomic E-state index is 0.0836. The molecule has 2 aliphatic rings. The van der Waals surface area contributed by atoms with Crippen LogP contribution in [0.4, 0.5) is 0 Å². The predicted molar refractivity (Wildman–Crippen MR) is 83.7 cm³/mol. The highest BCUT2D eigenvalue weighted by Gasteiger charge is 2.54. The van der Waals surface area contributed by atoms with Gasteiger partial charge in [-0.2, -0.15) is 0 Å². The van der Waals surface area contributed by atoms with Gasteiger partial charge >= 0.3 is 0 Å². The Kier molecular flexibility index (Phi) is 3.59. The van der Waals surface area contributed by atoms with Crippen LogP contribution in [0.1, 0.15) is 24.3 Å². The summed E-state index contributed by atoms with van der Waals surface area (Å²) in [4.78, 5) is 29.7. The second-order valence-corrected chi connectivity index (χ2v) is 8.08. The standard InChI is InChI=1S/C15H19N3O4S/c1-9(2)12-13-11(18(15(12)20)23(3,21)22)6-8-17(13)14(19)10-5-4-7-16-10/h4-7,9,12-13,16H,8H2,1-3H3/t12-,13+/m1/s1. The van der Waals surface area contributed by atoms with Crippen molar-refractivity contribution >= 4 is 21.8 Å². The fourth-order valence-corrected chi connectivity index (χ4v) is 4.41. The molecule has 0 radical (unpaired) electrons. The Morgan fingerprint density at radius 2 is 2.09 bits per heavy atom. The Hall–Kier alpha value is -2.09. The van der Waals surface area contributed by atoms with E-state index in [1.165, 1.54) is 0 Å². The Morgan fingerprint density at radius 1 is 1.39 bits per heavy atom. The van der Waals surface area contributed by atoms with Crippen molar-refractivity contribution in [3.63, 3.8) is 0 Å². The predicted octanol–water partition coefficient (Wildman–Crippen LogP) is 0.797. The summed E-state index contributed by atoms with van der Waals surface area (Å²) in [7, 11) is -3.71. The lowest BCUT2D eigenvalue weighted by atomic mass is 9.89. The van der Waals surface area contributed by atoms with Crippen LogP contribution in [0.15, 0.2) is 30.1 Å². The Balaban J connectivity index is 2.02. The molecule has 2 atom stereocenters. The molecule has 1 N–H and O–H groups in total. The molecular weight excluding hydrogens is 318 g/mol. The van der Waals surface area contributed by atoms with Crippen LogP contribution in [-0.2, 0) is 14.8 Å². The molecular formula is C15H19N3O4S. The van der Waals surface area contributed by atoms with Crippen molar-refractivity contribution in [2.24, 2.45) is 11.8 Å². The number of hydrogen-bond donors (Lipinski definition) is 1. The highest BCUT2D eigenvalue weighted by Crippen LogP contribution is 2.41. The summed E-state index contributed by atoms with van der Waals surface area (Å²) in [6.07, 6.45) is 4.33. The third kappa shape index (κ3) is 2.37. The molecule has 0 aromatic carbocycles. The number of nitrogens with one attached hydrogen (secondary N) is 1. The van der Waals surface area contributed by atoms with Gasteiger partial charge in [-0.25, -0.2) is 12.7 Å². The quantitative estimate of drug-likeness (QED) is 0.883. The summed E-state index contributed by atoms with van der Waals surface area (Å²) in [6.45, 7) is 4.02. The average molecular weight is 337 g/mol. The van der Waals surface area contributed by atoms with Crippen molar-refractivity contribution in [2.75, 3.05) is 12.8 Å². The number of nitrogens with zero attached hydrogens (tertiary/aromatic N) is 2. The summed E-state index contributed by atoms with van der Waals surface area (Å²) in [5.74, 6) is -1.33. The Morgan fingerprint density at radius 3 is 2.61 bits per heavy atom. The van der Waals surface area contributed by atoms with Gasteiger partial charge in [0.1, 0.15) is 5.69 Å². The minimum Gasteiger partial charge on any atom is -0.357 e. The lowest BCUT2D eigenvalue weighted by molar-refractivity contribution is -0.128. The topological polar surface area (TPSA) is 90.6 Å². The summed E-state index contributed by atoms with van der Waals surface area (Å²) in [6, 6.07) is 2.85. The molecule has 7 nitrogen and oxygen atoms in total. The van der Waals surface area contributed by atoms with Crippen LogP contribution in [0.3, 0.4) is 0 Å². The molecule has 23 heavy (non-hydrogen) atoms. The van der Waals surface area contributed by atoms with Crippen LogP contribution < -0.4 is 0 Å². The summed E-state index contributed by atoms with van der Waals surface area (Å²) >= 11 is 0. The number of rotatable bonds is 3. The molecule has 1 aromatic rings. The molecule has 0 unspecified atom stereocenters. The Labute approximate surface area is 135 Å². The van der Waals surface area contributed by atoms with Crippen molar-refractivity contribution in [2.45, 2.75) is 19.9 Å². The van der Waals surface area contributed by atoms with Crippen molar-refractivity contribution < 1.29 is 18.0 Å². The van der Waals surface area contributed by atoms with Crippen LogP contribution in [0, 0.1) is 11.8 Å². The van der Waals surface area contributed by atoms with Gasteiger partial charge in [0, 0.05) is 12.7 Å². The summed E-state index contributed by atoms with van der Waals surface area (Å²) < 4.78 is 24.9. The maximum absolute atomic E-state index is 12.7. The van der Waals surface area contributed by atoms with E-state index in [0.717, 1.165) is 10.6 Å². The third-order valence-electron chi connectivity index (χ3n) is 4.34. The SMILES string of the molecule is CC(C)[C@H]1C(=O)N(S(C)(=O)=O)C2=CCN(C(=O)c3ccc[nH]3)[C@@H]21. The van der Waals surface area contributed by atoms with E-state index < -0.39 is 27.9 Å². The average Bonchev–Trinajstić information content (AvgIpc) is 3.10. The first-order valence-corrected chi connectivity index (χ1v) is 9.27. The molecule has 1 saturated heterocycles. The number of carbonyl (C=O) groups is 2. The zero-order chi connectivity index (χ0) is 16.9. The van der Waals surface area contributed by atoms with E-state index in [2.05, 4.69) is 4.98 Å². The first kappa shape index (κ1) is 15.8. The molecule has 3 rings (SSSR count). The molecule has 1 aromatic heterocycles. The van der Waals surface area contributed by atoms with Gasteiger partial charge in [-0.15, -0.1) is 0 Å². The summed E-state index contributed by atoms with van der Waals surface area (Å²) in [5, 5.41) is 0.